The first kappa shape index (κ1) is 46.6. The molecule has 20 nitrogen and oxygen atoms in total. The van der Waals surface area contributed by atoms with Gasteiger partial charge in [-0.25, -0.2) is 4.68 Å². The number of carbonyl (C=O) groups is 6. The van der Waals surface area contributed by atoms with Crippen LogP contribution in [0.25, 0.3) is 10.4 Å². The van der Waals surface area contributed by atoms with Crippen molar-refractivity contribution in [3.8, 4) is 0 Å². The molecule has 20 heteroatoms. The van der Waals surface area contributed by atoms with Crippen molar-refractivity contribution in [1.82, 2.24) is 56.7 Å². The Hall–Kier alpha value is -6.37. The van der Waals surface area contributed by atoms with Gasteiger partial charge in [-0.2, -0.15) is 0 Å². The molecule has 65 heavy (non-hydrogen) atoms. The fourth-order valence-corrected chi connectivity index (χ4v) is 9.51. The lowest BCUT2D eigenvalue weighted by molar-refractivity contribution is -0.141. The first-order valence-corrected chi connectivity index (χ1v) is 22.6. The molecule has 6 amide bonds. The minimum absolute atomic E-state index is 0.0287. The molecular weight excluding hydrogens is 833 g/mol. The van der Waals surface area contributed by atoms with Crippen molar-refractivity contribution >= 4 is 35.4 Å². The molecule has 7 rings (SSSR count). The average molecular weight is 893 g/mol. The van der Waals surface area contributed by atoms with Crippen LogP contribution >= 0.6 is 0 Å². The Morgan fingerprint density at radius 2 is 1.38 bits per heavy atom. The van der Waals surface area contributed by atoms with Gasteiger partial charge in [0.2, 0.25) is 35.4 Å². The molecule has 3 heterocycles. The molecule has 1 aromatic heterocycles. The molecule has 9 atom stereocenters. The van der Waals surface area contributed by atoms with Crippen molar-refractivity contribution in [3.63, 3.8) is 0 Å². The van der Waals surface area contributed by atoms with Crippen LogP contribution < -0.4 is 31.9 Å². The van der Waals surface area contributed by atoms with Gasteiger partial charge in [0.25, 0.3) is 0 Å². The molecule has 0 bridgehead atoms. The zero-order valence-electron chi connectivity index (χ0n) is 37.4. The molecule has 6 N–H and O–H groups in total. The van der Waals surface area contributed by atoms with E-state index in [0.29, 0.717) is 5.69 Å². The van der Waals surface area contributed by atoms with E-state index in [0.717, 1.165) is 55.2 Å². The quantitative estimate of drug-likeness (QED) is 0.0685. The molecule has 2 aromatic carbocycles. The summed E-state index contributed by atoms with van der Waals surface area (Å²) in [5.74, 6) is -2.50. The van der Waals surface area contributed by atoms with E-state index in [9.17, 15) is 34.3 Å². The van der Waals surface area contributed by atoms with Crippen LogP contribution in [0.3, 0.4) is 0 Å². The zero-order valence-corrected chi connectivity index (χ0v) is 37.4. The van der Waals surface area contributed by atoms with Crippen molar-refractivity contribution < 1.29 is 28.8 Å². The molecule has 2 aliphatic carbocycles. The minimum Gasteiger partial charge on any atom is -0.347 e. The van der Waals surface area contributed by atoms with Crippen LogP contribution in [-0.4, -0.2) is 130 Å². The summed E-state index contributed by atoms with van der Waals surface area (Å²) in [6.07, 6.45) is 6.95. The number of fused-ring (bicyclic) bond motifs is 2. The number of hydrogen-bond acceptors (Lipinski definition) is 11. The highest BCUT2D eigenvalue weighted by Gasteiger charge is 2.44. The van der Waals surface area contributed by atoms with Gasteiger partial charge in [0.15, 0.2) is 0 Å². The zero-order chi connectivity index (χ0) is 46.2. The smallest absolute Gasteiger partial charge is 0.246 e. The number of likely N-dealkylation sites (tertiary alicyclic amines) is 2. The summed E-state index contributed by atoms with van der Waals surface area (Å²) in [7, 11) is 3.26. The average Bonchev–Trinajstić information content (AvgIpc) is 4.09. The van der Waals surface area contributed by atoms with Gasteiger partial charge in [0.05, 0.1) is 48.5 Å². The predicted molar refractivity (Wildman–Crippen MR) is 238 cm³/mol. The van der Waals surface area contributed by atoms with Crippen LogP contribution in [0, 0.1) is 0 Å². The Bertz CT molecular complexity index is 2300. The first-order valence-electron chi connectivity index (χ1n) is 22.6. The number of nitrogens with one attached hydrogen (secondary N) is 6. The van der Waals surface area contributed by atoms with Gasteiger partial charge in [0.1, 0.15) is 18.1 Å². The van der Waals surface area contributed by atoms with E-state index in [1.165, 1.54) is 15.4 Å². The van der Waals surface area contributed by atoms with Crippen molar-refractivity contribution in [2.24, 2.45) is 5.11 Å². The van der Waals surface area contributed by atoms with E-state index in [4.69, 9.17) is 0 Å². The summed E-state index contributed by atoms with van der Waals surface area (Å²) >= 11 is 0. The Labute approximate surface area is 378 Å². The van der Waals surface area contributed by atoms with Crippen LogP contribution in [0.4, 0.5) is 0 Å². The minimum atomic E-state index is -1.19. The van der Waals surface area contributed by atoms with E-state index in [1.54, 1.807) is 38.8 Å². The van der Waals surface area contributed by atoms with Gasteiger partial charge in [-0.15, -0.1) is 5.10 Å². The van der Waals surface area contributed by atoms with E-state index < -0.39 is 60.0 Å². The van der Waals surface area contributed by atoms with Crippen molar-refractivity contribution in [2.45, 2.75) is 126 Å². The van der Waals surface area contributed by atoms with Gasteiger partial charge >= 0.3 is 0 Å². The number of hydrogen-bond donors (Lipinski definition) is 6. The standard InChI is InChI=1S/C45H60N14O6/c1-26(47-3)41(61)49-22-40(60)57-25-32(21-39(57)44(64)51-36-18-10-14-29-12-6-8-16-34(29)36)59-24-30(54-56-59)19-37(52-42(62)27(2)48-4)45(65)58-23-31(53-55-46)20-38(58)43(63)50-35-17-9-13-28-11-5-7-15-33(28)35/h5-8,11-12,15-16,24,26-27,31-32,35-39,47-48H,9-10,13-14,17-23,25H2,1-4H3,(H,49,61)(H,50,63)(H,51,64)(H,52,62)/t26-,27+,31-,32+,35-,36-,37+,38-,39+/m1/s1. The molecule has 346 valence electrons. The molecule has 0 radical (unpaired) electrons. The molecule has 2 saturated heterocycles. The van der Waals surface area contributed by atoms with E-state index >= 15 is 0 Å². The van der Waals surface area contributed by atoms with Gasteiger partial charge in [-0.05, 0) is 101 Å². The van der Waals surface area contributed by atoms with Gasteiger partial charge in [-0.3, -0.25) is 28.8 Å². The third-order valence-corrected chi connectivity index (χ3v) is 13.4. The van der Waals surface area contributed by atoms with Crippen molar-refractivity contribution in [2.75, 3.05) is 33.7 Å². The molecule has 0 spiro atoms. The van der Waals surface area contributed by atoms with Gasteiger partial charge in [-0.1, -0.05) is 58.9 Å². The summed E-state index contributed by atoms with van der Waals surface area (Å²) in [4.78, 5) is 88.5. The van der Waals surface area contributed by atoms with Gasteiger partial charge in [0, 0.05) is 37.0 Å². The Kier molecular flexibility index (Phi) is 15.1. The number of aryl methyl sites for hydroxylation is 2. The first-order chi connectivity index (χ1) is 31.4. The highest BCUT2D eigenvalue weighted by Crippen LogP contribution is 2.33. The lowest BCUT2D eigenvalue weighted by Gasteiger charge is -2.31. The maximum absolute atomic E-state index is 14.7. The lowest BCUT2D eigenvalue weighted by atomic mass is 9.87. The summed E-state index contributed by atoms with van der Waals surface area (Å²) in [5, 5.41) is 30.3. The third-order valence-electron chi connectivity index (χ3n) is 13.4. The van der Waals surface area contributed by atoms with E-state index in [1.807, 2.05) is 36.4 Å². The maximum atomic E-state index is 14.7. The molecule has 0 unspecified atom stereocenters. The largest absolute Gasteiger partial charge is 0.347 e. The molecular formula is C45H60N14O6. The fourth-order valence-electron chi connectivity index (χ4n) is 9.51. The fraction of sp³-hybridized carbons (Fsp3) is 0.556. The lowest BCUT2D eigenvalue weighted by Crippen LogP contribution is -2.56. The number of likely N-dealkylation sites (N-methyl/N-ethyl adjacent to an activating group) is 2. The Morgan fingerprint density at radius 3 is 1.98 bits per heavy atom. The highest BCUT2D eigenvalue weighted by molar-refractivity contribution is 5.94. The molecule has 4 aliphatic rings. The second kappa shape index (κ2) is 21.1. The van der Waals surface area contributed by atoms with Crippen LogP contribution in [0.1, 0.15) is 98.4 Å². The number of rotatable bonds is 16. The summed E-state index contributed by atoms with van der Waals surface area (Å²) < 4.78 is 1.56. The van der Waals surface area contributed by atoms with Crippen LogP contribution in [-0.2, 0) is 48.0 Å². The van der Waals surface area contributed by atoms with Gasteiger partial charge < -0.3 is 41.7 Å². The molecule has 3 aromatic rings. The summed E-state index contributed by atoms with van der Waals surface area (Å²) in [5.41, 5.74) is 14.1. The Balaban J connectivity index is 1.10. The predicted octanol–water partition coefficient (Wildman–Crippen LogP) is 1.45. The number of benzene rings is 2. The molecule has 2 aliphatic heterocycles. The van der Waals surface area contributed by atoms with Crippen molar-refractivity contribution in [1.29, 1.82) is 0 Å². The number of aromatic nitrogens is 3. The molecule has 2 fully saturated rings. The van der Waals surface area contributed by atoms with E-state index in [2.05, 4.69) is 64.4 Å². The van der Waals surface area contributed by atoms with Crippen LogP contribution in [0.2, 0.25) is 0 Å². The monoisotopic (exact) mass is 892 g/mol. The number of azide groups is 1. The topological polar surface area (TPSA) is 261 Å². The number of carbonyl (C=O) groups excluding carboxylic acids is 6. The Morgan fingerprint density at radius 1 is 0.800 bits per heavy atom. The van der Waals surface area contributed by atoms with Crippen LogP contribution in [0.15, 0.2) is 59.8 Å². The normalized spacial score (nSPS) is 23.8. The second-order valence-electron chi connectivity index (χ2n) is 17.6. The summed E-state index contributed by atoms with van der Waals surface area (Å²) in [6, 6.07) is 10.1. The third kappa shape index (κ3) is 10.8. The number of nitrogens with zero attached hydrogens (tertiary/aromatic N) is 8. The highest BCUT2D eigenvalue weighted by atomic mass is 16.2. The summed E-state index contributed by atoms with van der Waals surface area (Å²) in [6.45, 7) is 3.08. The number of amides is 6. The van der Waals surface area contributed by atoms with E-state index in [-0.39, 0.29) is 68.7 Å². The maximum Gasteiger partial charge on any atom is 0.246 e. The SMILES string of the molecule is CN[C@@H](C)C(=O)N[C@@H](Cc1cn([C@H]2C[C@@H](C(=O)N[C@@H]3CCCc4ccccc43)N(C(=O)CNC(=O)[C@@H](C)NC)C2)nn1)C(=O)N1C[C@H](N=[N+]=[N-])C[C@@H]1C(=O)N[C@@H]1CCCc2ccccc21. The second-order valence-corrected chi connectivity index (χ2v) is 17.6. The molecule has 0 saturated carbocycles. The van der Waals surface area contributed by atoms with Crippen molar-refractivity contribution in [3.05, 3.63) is 93.1 Å². The van der Waals surface area contributed by atoms with Crippen LogP contribution in [0.5, 0.6) is 0 Å².